The first-order valence-corrected chi connectivity index (χ1v) is 11.6. The fourth-order valence-corrected chi connectivity index (χ4v) is 5.42. The van der Waals surface area contributed by atoms with Gasteiger partial charge in [0.05, 0.1) is 18.3 Å². The van der Waals surface area contributed by atoms with E-state index in [-0.39, 0.29) is 17.9 Å². The maximum atomic E-state index is 13.9. The predicted octanol–water partition coefficient (Wildman–Crippen LogP) is 4.90. The molecule has 1 aromatic carbocycles. The van der Waals surface area contributed by atoms with Gasteiger partial charge in [-0.3, -0.25) is 14.5 Å². The molecule has 0 radical (unpaired) electrons. The van der Waals surface area contributed by atoms with Gasteiger partial charge in [-0.05, 0) is 44.2 Å². The van der Waals surface area contributed by atoms with Crippen LogP contribution < -0.4 is 10.2 Å². The molecule has 2 aliphatic rings. The lowest BCUT2D eigenvalue weighted by molar-refractivity contribution is -0.128. The second-order valence-corrected chi connectivity index (χ2v) is 9.88. The molecule has 1 aliphatic carbocycles. The minimum Gasteiger partial charge on any atom is -0.463 e. The zero-order chi connectivity index (χ0) is 22.6. The SMILES string of the molecule is Cc1ccc(N2C(=O)c3cc4occc4n3CC2(C)C(=O)N[C@@H]2CCCC(C)C2C)cc1. The Bertz CT molecular complexity index is 1170. The molecule has 1 fully saturated rings. The van der Waals surface area contributed by atoms with Gasteiger partial charge in [0.25, 0.3) is 5.91 Å². The number of aryl methyl sites for hydroxylation is 1. The van der Waals surface area contributed by atoms with Crippen LogP contribution in [0.15, 0.2) is 47.1 Å². The number of rotatable bonds is 3. The lowest BCUT2D eigenvalue weighted by Gasteiger charge is -2.45. The molecule has 5 rings (SSSR count). The molecule has 0 bridgehead atoms. The van der Waals surface area contributed by atoms with Gasteiger partial charge >= 0.3 is 0 Å². The van der Waals surface area contributed by atoms with Gasteiger partial charge in [0, 0.05) is 23.9 Å². The van der Waals surface area contributed by atoms with Gasteiger partial charge in [-0.2, -0.15) is 0 Å². The standard InChI is InChI=1S/C26H31N3O3/c1-16-8-10-19(11-9-16)29-24(30)22-14-23-21(12-13-32-23)28(22)15-26(29,4)25(31)27-20-7-5-6-17(2)18(20)3/h8-14,17-18,20H,5-7,15H2,1-4H3,(H,27,31)/t17?,18?,20-,26?/m1/s1. The Kier molecular flexibility index (Phi) is 4.91. The fraction of sp³-hybridized carbons (Fsp3) is 0.462. The Morgan fingerprint density at radius 1 is 1.16 bits per heavy atom. The van der Waals surface area contributed by atoms with E-state index in [0.717, 1.165) is 29.6 Å². The summed E-state index contributed by atoms with van der Waals surface area (Å²) in [5, 5.41) is 3.34. The van der Waals surface area contributed by atoms with E-state index in [9.17, 15) is 9.59 Å². The van der Waals surface area contributed by atoms with Gasteiger partial charge in [-0.1, -0.05) is 44.4 Å². The van der Waals surface area contributed by atoms with Gasteiger partial charge in [0.1, 0.15) is 11.2 Å². The molecule has 1 N–H and O–H groups in total. The zero-order valence-corrected chi connectivity index (χ0v) is 19.2. The second-order valence-electron chi connectivity index (χ2n) is 9.88. The minimum absolute atomic E-state index is 0.103. The number of furan rings is 1. The number of fused-ring (bicyclic) bond motifs is 3. The van der Waals surface area contributed by atoms with E-state index >= 15 is 0 Å². The van der Waals surface area contributed by atoms with Gasteiger partial charge < -0.3 is 14.3 Å². The molecule has 2 amide bonds. The highest BCUT2D eigenvalue weighted by atomic mass is 16.3. The first-order chi connectivity index (χ1) is 15.3. The average Bonchev–Trinajstić information content (AvgIpc) is 3.35. The van der Waals surface area contributed by atoms with Crippen LogP contribution in [0.5, 0.6) is 0 Å². The molecule has 4 atom stereocenters. The number of hydrogen-bond donors (Lipinski definition) is 1. The largest absolute Gasteiger partial charge is 0.463 e. The first-order valence-electron chi connectivity index (χ1n) is 11.6. The quantitative estimate of drug-likeness (QED) is 0.639. The number of amides is 2. The summed E-state index contributed by atoms with van der Waals surface area (Å²) in [4.78, 5) is 29.4. The van der Waals surface area contributed by atoms with Gasteiger partial charge in [-0.25, -0.2) is 0 Å². The first kappa shape index (κ1) is 20.9. The Morgan fingerprint density at radius 3 is 2.66 bits per heavy atom. The van der Waals surface area contributed by atoms with Crippen molar-refractivity contribution in [3.63, 3.8) is 0 Å². The van der Waals surface area contributed by atoms with Crippen LogP contribution in [0, 0.1) is 18.8 Å². The number of benzene rings is 1. The number of hydrogen-bond acceptors (Lipinski definition) is 3. The molecule has 3 unspecified atom stereocenters. The molecule has 3 aromatic rings. The van der Waals surface area contributed by atoms with Crippen LogP contribution in [0.4, 0.5) is 5.69 Å². The molecular weight excluding hydrogens is 402 g/mol. The van der Waals surface area contributed by atoms with Gasteiger partial charge in [-0.15, -0.1) is 0 Å². The van der Waals surface area contributed by atoms with Crippen LogP contribution >= 0.6 is 0 Å². The Morgan fingerprint density at radius 2 is 1.91 bits per heavy atom. The summed E-state index contributed by atoms with van der Waals surface area (Å²) >= 11 is 0. The van der Waals surface area contributed by atoms with Crippen molar-refractivity contribution in [3.05, 3.63) is 53.9 Å². The highest BCUT2D eigenvalue weighted by molar-refractivity contribution is 6.13. The molecule has 1 aliphatic heterocycles. The molecule has 1 saturated carbocycles. The topological polar surface area (TPSA) is 67.5 Å². The van der Waals surface area contributed by atoms with E-state index in [0.29, 0.717) is 29.7 Å². The van der Waals surface area contributed by atoms with E-state index in [4.69, 9.17) is 4.42 Å². The minimum atomic E-state index is -1.07. The van der Waals surface area contributed by atoms with E-state index in [1.807, 2.05) is 48.7 Å². The number of anilines is 1. The predicted molar refractivity (Wildman–Crippen MR) is 125 cm³/mol. The van der Waals surface area contributed by atoms with Crippen LogP contribution in [0.3, 0.4) is 0 Å². The summed E-state index contributed by atoms with van der Waals surface area (Å²) in [5.74, 6) is 0.693. The van der Waals surface area contributed by atoms with E-state index in [2.05, 4.69) is 19.2 Å². The Labute approximate surface area is 188 Å². The number of aromatic nitrogens is 1. The summed E-state index contributed by atoms with van der Waals surface area (Å²) in [6.07, 6.45) is 4.92. The molecule has 32 heavy (non-hydrogen) atoms. The van der Waals surface area contributed by atoms with Crippen LogP contribution in [-0.2, 0) is 11.3 Å². The lowest BCUT2D eigenvalue weighted by atomic mass is 9.77. The molecule has 3 heterocycles. The van der Waals surface area contributed by atoms with Crippen molar-refractivity contribution in [1.82, 2.24) is 9.88 Å². The van der Waals surface area contributed by atoms with Crippen molar-refractivity contribution >= 4 is 28.6 Å². The fourth-order valence-electron chi connectivity index (χ4n) is 5.42. The average molecular weight is 434 g/mol. The maximum Gasteiger partial charge on any atom is 0.276 e. The van der Waals surface area contributed by atoms with Crippen LogP contribution in [0.25, 0.3) is 11.1 Å². The molecule has 6 heteroatoms. The number of carbonyl (C=O) groups is 2. The normalized spacial score (nSPS) is 28.1. The molecule has 168 valence electrons. The van der Waals surface area contributed by atoms with Crippen molar-refractivity contribution in [2.75, 3.05) is 4.90 Å². The Balaban J connectivity index is 1.57. The molecule has 2 aromatic heterocycles. The van der Waals surface area contributed by atoms with Crippen molar-refractivity contribution in [2.45, 2.75) is 65.1 Å². The van der Waals surface area contributed by atoms with Crippen LogP contribution in [0.1, 0.15) is 56.1 Å². The number of carbonyl (C=O) groups excluding carboxylic acids is 2. The van der Waals surface area contributed by atoms with Crippen LogP contribution in [-0.4, -0.2) is 28.0 Å². The molecular formula is C26H31N3O3. The molecule has 0 spiro atoms. The van der Waals surface area contributed by atoms with Crippen molar-refractivity contribution in [3.8, 4) is 0 Å². The third-order valence-corrected chi connectivity index (χ3v) is 7.71. The van der Waals surface area contributed by atoms with Gasteiger partial charge in [0.15, 0.2) is 5.58 Å². The summed E-state index contributed by atoms with van der Waals surface area (Å²) in [7, 11) is 0. The lowest BCUT2D eigenvalue weighted by Crippen LogP contribution is -2.66. The molecule has 6 nitrogen and oxygen atoms in total. The van der Waals surface area contributed by atoms with Crippen molar-refractivity contribution < 1.29 is 14.0 Å². The van der Waals surface area contributed by atoms with Gasteiger partial charge in [0.2, 0.25) is 5.91 Å². The van der Waals surface area contributed by atoms with Crippen molar-refractivity contribution in [1.29, 1.82) is 0 Å². The third-order valence-electron chi connectivity index (χ3n) is 7.71. The van der Waals surface area contributed by atoms with E-state index < -0.39 is 5.54 Å². The maximum absolute atomic E-state index is 13.9. The van der Waals surface area contributed by atoms with Crippen LogP contribution in [0.2, 0.25) is 0 Å². The van der Waals surface area contributed by atoms with E-state index in [1.165, 1.54) is 6.42 Å². The highest BCUT2D eigenvalue weighted by Crippen LogP contribution is 2.37. The smallest absolute Gasteiger partial charge is 0.276 e. The Hall–Kier alpha value is -3.02. The summed E-state index contributed by atoms with van der Waals surface area (Å²) in [6.45, 7) is 8.74. The van der Waals surface area contributed by atoms with E-state index in [1.54, 1.807) is 17.2 Å². The summed E-state index contributed by atoms with van der Waals surface area (Å²) in [5.41, 5.74) is 2.82. The third kappa shape index (κ3) is 3.15. The zero-order valence-electron chi connectivity index (χ0n) is 19.2. The van der Waals surface area contributed by atoms with Crippen molar-refractivity contribution in [2.24, 2.45) is 11.8 Å². The monoisotopic (exact) mass is 433 g/mol. The second kappa shape index (κ2) is 7.54. The summed E-state index contributed by atoms with van der Waals surface area (Å²) in [6, 6.07) is 11.6. The number of nitrogens with one attached hydrogen (secondary N) is 1. The number of nitrogens with zero attached hydrogens (tertiary/aromatic N) is 2. The molecule has 0 saturated heterocycles. The summed E-state index contributed by atoms with van der Waals surface area (Å²) < 4.78 is 7.49. The highest BCUT2D eigenvalue weighted by Gasteiger charge is 2.49.